The zero-order chi connectivity index (χ0) is 10.5. The van der Waals surface area contributed by atoms with Gasteiger partial charge in [-0.2, -0.15) is 8.42 Å². The van der Waals surface area contributed by atoms with Crippen molar-refractivity contribution in [3.63, 3.8) is 0 Å². The van der Waals surface area contributed by atoms with Crippen molar-refractivity contribution < 1.29 is 22.6 Å². The highest BCUT2D eigenvalue weighted by Crippen LogP contribution is 1.90. The van der Waals surface area contributed by atoms with Crippen molar-refractivity contribution in [2.75, 3.05) is 6.26 Å². The molecule has 0 bridgehead atoms. The molecule has 0 unspecified atom stereocenters. The highest BCUT2D eigenvalue weighted by atomic mass is 32.2. The van der Waals surface area contributed by atoms with Crippen LogP contribution in [0.1, 0.15) is 0 Å². The summed E-state index contributed by atoms with van der Waals surface area (Å²) in [4.78, 5) is 20.6. The molecule has 0 aromatic carbocycles. The zero-order valence-electron chi connectivity index (χ0n) is 6.80. The average Bonchev–Trinajstić information content (AvgIpc) is 1.92. The van der Waals surface area contributed by atoms with Crippen LogP contribution in [0.2, 0.25) is 0 Å². The molecular weight excluding hydrogens is 196 g/mol. The molecule has 0 aliphatic heterocycles. The average molecular weight is 204 g/mol. The fraction of sp³-hybridized carbons (Fsp3) is 0.143. The molecule has 1 aliphatic rings. The van der Waals surface area contributed by atoms with Gasteiger partial charge in [0.05, 0.1) is 6.26 Å². The quantitative estimate of drug-likeness (QED) is 0.434. The molecule has 0 saturated heterocycles. The number of carbonyl (C=O) groups is 2. The van der Waals surface area contributed by atoms with Crippen LogP contribution in [-0.4, -0.2) is 30.8 Å². The maximum absolute atomic E-state index is 10.3. The highest BCUT2D eigenvalue weighted by Gasteiger charge is 1.97. The van der Waals surface area contributed by atoms with Crippen molar-refractivity contribution in [3.05, 3.63) is 24.3 Å². The first-order valence-electron chi connectivity index (χ1n) is 3.15. The molecular formula is C7H8O5S. The Morgan fingerprint density at radius 3 is 1.31 bits per heavy atom. The molecule has 0 saturated carbocycles. The van der Waals surface area contributed by atoms with Gasteiger partial charge in [-0.25, -0.2) is 0 Å². The van der Waals surface area contributed by atoms with Gasteiger partial charge in [-0.1, -0.05) is 0 Å². The van der Waals surface area contributed by atoms with Crippen LogP contribution in [0.25, 0.3) is 0 Å². The number of hydrogen-bond donors (Lipinski definition) is 1. The Hall–Kier alpha value is -1.27. The van der Waals surface area contributed by atoms with Crippen LogP contribution in [-0.2, 0) is 19.7 Å². The molecule has 1 aliphatic carbocycles. The van der Waals surface area contributed by atoms with E-state index in [-0.39, 0.29) is 11.6 Å². The summed E-state index contributed by atoms with van der Waals surface area (Å²) >= 11 is 0. The van der Waals surface area contributed by atoms with Crippen molar-refractivity contribution in [1.82, 2.24) is 0 Å². The first-order valence-corrected chi connectivity index (χ1v) is 5.00. The Kier molecular flexibility index (Phi) is 4.22. The van der Waals surface area contributed by atoms with Gasteiger partial charge in [0.1, 0.15) is 0 Å². The predicted molar refractivity (Wildman–Crippen MR) is 45.8 cm³/mol. The summed E-state index contributed by atoms with van der Waals surface area (Å²) < 4.78 is 25.9. The minimum Gasteiger partial charge on any atom is -0.290 e. The van der Waals surface area contributed by atoms with Gasteiger partial charge in [0, 0.05) is 0 Å². The predicted octanol–water partition coefficient (Wildman–Crippen LogP) is -0.245. The lowest BCUT2D eigenvalue weighted by Crippen LogP contribution is -1.97. The molecule has 6 heteroatoms. The van der Waals surface area contributed by atoms with E-state index < -0.39 is 10.1 Å². The highest BCUT2D eigenvalue weighted by molar-refractivity contribution is 7.85. The summed E-state index contributed by atoms with van der Waals surface area (Å²) in [6, 6.07) is 0. The Morgan fingerprint density at radius 2 is 1.15 bits per heavy atom. The molecule has 1 rings (SSSR count). The first kappa shape index (κ1) is 11.7. The Balaban J connectivity index is 0.000000252. The van der Waals surface area contributed by atoms with E-state index in [4.69, 9.17) is 4.55 Å². The van der Waals surface area contributed by atoms with Crippen molar-refractivity contribution in [2.45, 2.75) is 0 Å². The van der Waals surface area contributed by atoms with E-state index >= 15 is 0 Å². The van der Waals surface area contributed by atoms with Gasteiger partial charge >= 0.3 is 0 Å². The van der Waals surface area contributed by atoms with Crippen molar-refractivity contribution in [3.8, 4) is 0 Å². The molecule has 0 atom stereocenters. The van der Waals surface area contributed by atoms with E-state index in [2.05, 4.69) is 0 Å². The van der Waals surface area contributed by atoms with Crippen LogP contribution in [0.15, 0.2) is 24.3 Å². The molecule has 0 fully saturated rings. The summed E-state index contributed by atoms with van der Waals surface area (Å²) in [7, 11) is -3.67. The maximum atomic E-state index is 10.3. The van der Waals surface area contributed by atoms with Crippen LogP contribution in [0.4, 0.5) is 0 Å². The molecule has 5 nitrogen and oxygen atoms in total. The third-order valence-electron chi connectivity index (χ3n) is 0.824. The molecule has 13 heavy (non-hydrogen) atoms. The van der Waals surface area contributed by atoms with Crippen molar-refractivity contribution in [1.29, 1.82) is 0 Å². The van der Waals surface area contributed by atoms with E-state index in [9.17, 15) is 18.0 Å². The summed E-state index contributed by atoms with van der Waals surface area (Å²) in [5.74, 6) is -0.241. The third kappa shape index (κ3) is 10.7. The van der Waals surface area contributed by atoms with Gasteiger partial charge in [-0.05, 0) is 24.3 Å². The monoisotopic (exact) mass is 204 g/mol. The molecule has 0 radical (unpaired) electrons. The van der Waals surface area contributed by atoms with E-state index in [0.29, 0.717) is 6.26 Å². The Bertz CT molecular complexity index is 314. The van der Waals surface area contributed by atoms with Gasteiger partial charge in [0.2, 0.25) is 0 Å². The van der Waals surface area contributed by atoms with Gasteiger partial charge < -0.3 is 0 Å². The fourth-order valence-electron chi connectivity index (χ4n) is 0.440. The largest absolute Gasteiger partial charge is 0.290 e. The second kappa shape index (κ2) is 4.68. The van der Waals surface area contributed by atoms with Gasteiger partial charge in [0.25, 0.3) is 10.1 Å². The SMILES string of the molecule is CS(=O)(=O)O.O=C1C=CC(=O)C=C1. The number of hydrogen-bond acceptors (Lipinski definition) is 4. The third-order valence-corrected chi connectivity index (χ3v) is 0.824. The molecule has 1 N–H and O–H groups in total. The summed E-state index contributed by atoms with van der Waals surface area (Å²) in [5, 5.41) is 0. The first-order chi connectivity index (χ1) is 5.79. The second-order valence-electron chi connectivity index (χ2n) is 2.20. The Morgan fingerprint density at radius 1 is 1.00 bits per heavy atom. The number of carbonyl (C=O) groups excluding carboxylic acids is 2. The molecule has 0 aromatic rings. The van der Waals surface area contributed by atoms with Crippen LogP contribution >= 0.6 is 0 Å². The normalized spacial score (nSPS) is 15.2. The van der Waals surface area contributed by atoms with Gasteiger partial charge in [-0.3, -0.25) is 14.1 Å². The molecule has 72 valence electrons. The van der Waals surface area contributed by atoms with Gasteiger partial charge in [-0.15, -0.1) is 0 Å². The van der Waals surface area contributed by atoms with Crippen LogP contribution < -0.4 is 0 Å². The van der Waals surface area contributed by atoms with E-state index in [0.717, 1.165) is 0 Å². The number of rotatable bonds is 0. The zero-order valence-corrected chi connectivity index (χ0v) is 7.61. The lowest BCUT2D eigenvalue weighted by Gasteiger charge is -1.87. The number of allylic oxidation sites excluding steroid dienone is 4. The van der Waals surface area contributed by atoms with Gasteiger partial charge in [0.15, 0.2) is 11.6 Å². The lowest BCUT2D eigenvalue weighted by atomic mass is 10.2. The maximum Gasteiger partial charge on any atom is 0.261 e. The fourth-order valence-corrected chi connectivity index (χ4v) is 0.440. The Labute approximate surface area is 75.5 Å². The standard InChI is InChI=1S/C6H4O2.CH4O3S/c7-5-1-2-6(8)4-3-5;1-5(2,3)4/h1-4H;1H3,(H,2,3,4). The summed E-state index contributed by atoms with van der Waals surface area (Å²) in [6.45, 7) is 0. The second-order valence-corrected chi connectivity index (χ2v) is 3.67. The van der Waals surface area contributed by atoms with Crippen LogP contribution in [0.3, 0.4) is 0 Å². The van der Waals surface area contributed by atoms with Crippen molar-refractivity contribution in [2.24, 2.45) is 0 Å². The van der Waals surface area contributed by atoms with Crippen LogP contribution in [0.5, 0.6) is 0 Å². The molecule has 0 aromatic heterocycles. The van der Waals surface area contributed by atoms with Crippen LogP contribution in [0, 0.1) is 0 Å². The van der Waals surface area contributed by atoms with E-state index in [1.165, 1.54) is 24.3 Å². The van der Waals surface area contributed by atoms with E-state index in [1.807, 2.05) is 0 Å². The topological polar surface area (TPSA) is 88.5 Å². The summed E-state index contributed by atoms with van der Waals surface area (Å²) in [5.41, 5.74) is 0. The molecule has 0 heterocycles. The summed E-state index contributed by atoms with van der Waals surface area (Å²) in [6.07, 6.45) is 5.72. The van der Waals surface area contributed by atoms with E-state index in [1.54, 1.807) is 0 Å². The molecule has 0 spiro atoms. The smallest absolute Gasteiger partial charge is 0.261 e. The number of ketones is 2. The van der Waals surface area contributed by atoms with Crippen molar-refractivity contribution >= 4 is 21.7 Å². The molecule has 0 amide bonds. The lowest BCUT2D eigenvalue weighted by molar-refractivity contribution is -0.113. The minimum absolute atomic E-state index is 0.121. The minimum atomic E-state index is -3.67.